The monoisotopic (exact) mass is 194 g/mol. The molecule has 78 valence electrons. The molecule has 0 saturated carbocycles. The maximum Gasteiger partial charge on any atom is 0.119 e. The average Bonchev–Trinajstić information content (AvgIpc) is 2.25. The molecule has 4 N–H and O–H groups in total. The van der Waals surface area contributed by atoms with Crippen molar-refractivity contribution in [1.29, 1.82) is 0 Å². The molecule has 0 aliphatic rings. The van der Waals surface area contributed by atoms with E-state index in [1.54, 1.807) is 0 Å². The molecule has 0 aromatic heterocycles. The summed E-state index contributed by atoms with van der Waals surface area (Å²) in [6.45, 7) is 3.27. The van der Waals surface area contributed by atoms with Crippen LogP contribution in [0.3, 0.4) is 0 Å². The van der Waals surface area contributed by atoms with Crippen molar-refractivity contribution in [2.75, 3.05) is 13.2 Å². The van der Waals surface area contributed by atoms with Gasteiger partial charge in [0.1, 0.15) is 5.75 Å². The lowest BCUT2D eigenvalue weighted by atomic mass is 10.1. The summed E-state index contributed by atoms with van der Waals surface area (Å²) in [5, 5.41) is 0. The summed E-state index contributed by atoms with van der Waals surface area (Å²) in [6, 6.07) is 7.70. The summed E-state index contributed by atoms with van der Waals surface area (Å²) in [4.78, 5) is 0. The summed E-state index contributed by atoms with van der Waals surface area (Å²) in [5.74, 6) is 0.869. The van der Waals surface area contributed by atoms with E-state index >= 15 is 0 Å². The van der Waals surface area contributed by atoms with Crippen LogP contribution in [-0.4, -0.2) is 13.2 Å². The van der Waals surface area contributed by atoms with Gasteiger partial charge in [0.25, 0.3) is 0 Å². The van der Waals surface area contributed by atoms with Crippen LogP contribution >= 0.6 is 0 Å². The van der Waals surface area contributed by atoms with Crippen molar-refractivity contribution in [3.05, 3.63) is 29.8 Å². The van der Waals surface area contributed by atoms with Gasteiger partial charge in [0.05, 0.1) is 6.61 Å². The topological polar surface area (TPSA) is 61.3 Å². The number of ether oxygens (including phenoxy) is 1. The van der Waals surface area contributed by atoms with Gasteiger partial charge in [-0.25, -0.2) is 0 Å². The van der Waals surface area contributed by atoms with Crippen LogP contribution in [0.1, 0.15) is 24.9 Å². The number of rotatable bonds is 5. The summed E-state index contributed by atoms with van der Waals surface area (Å²) < 4.78 is 5.49. The molecule has 14 heavy (non-hydrogen) atoms. The van der Waals surface area contributed by atoms with E-state index in [-0.39, 0.29) is 6.04 Å². The van der Waals surface area contributed by atoms with Crippen molar-refractivity contribution in [3.63, 3.8) is 0 Å². The highest BCUT2D eigenvalue weighted by atomic mass is 16.5. The number of hydrogen-bond acceptors (Lipinski definition) is 3. The Hall–Kier alpha value is -1.06. The summed E-state index contributed by atoms with van der Waals surface area (Å²) in [7, 11) is 0. The van der Waals surface area contributed by atoms with Crippen LogP contribution in [0.15, 0.2) is 24.3 Å². The first kappa shape index (κ1) is 11.0. The van der Waals surface area contributed by atoms with Gasteiger partial charge in [0.15, 0.2) is 0 Å². The highest BCUT2D eigenvalue weighted by Crippen LogP contribution is 2.17. The van der Waals surface area contributed by atoms with E-state index in [2.05, 4.69) is 6.92 Å². The zero-order valence-corrected chi connectivity index (χ0v) is 8.57. The van der Waals surface area contributed by atoms with Crippen LogP contribution in [0.2, 0.25) is 0 Å². The minimum absolute atomic E-state index is 0.0971. The number of benzene rings is 1. The molecule has 0 aliphatic heterocycles. The molecular weight excluding hydrogens is 176 g/mol. The van der Waals surface area contributed by atoms with E-state index in [0.29, 0.717) is 6.54 Å². The third-order valence-electron chi connectivity index (χ3n) is 2.01. The van der Waals surface area contributed by atoms with Gasteiger partial charge in [-0.1, -0.05) is 19.1 Å². The van der Waals surface area contributed by atoms with E-state index < -0.39 is 0 Å². The smallest absolute Gasteiger partial charge is 0.119 e. The third kappa shape index (κ3) is 3.01. The normalized spacial score (nSPS) is 12.5. The van der Waals surface area contributed by atoms with Crippen molar-refractivity contribution >= 4 is 0 Å². The molecule has 0 radical (unpaired) electrons. The van der Waals surface area contributed by atoms with Crippen molar-refractivity contribution in [2.45, 2.75) is 19.4 Å². The molecule has 0 bridgehead atoms. The Balaban J connectivity index is 2.68. The lowest BCUT2D eigenvalue weighted by Gasteiger charge is -2.11. The van der Waals surface area contributed by atoms with Gasteiger partial charge in [-0.05, 0) is 24.1 Å². The Morgan fingerprint density at radius 2 is 2.21 bits per heavy atom. The van der Waals surface area contributed by atoms with Crippen LogP contribution in [0.5, 0.6) is 5.75 Å². The first-order valence-corrected chi connectivity index (χ1v) is 4.96. The molecular formula is C11H18N2O. The van der Waals surface area contributed by atoms with Crippen LogP contribution in [0, 0.1) is 0 Å². The first-order valence-electron chi connectivity index (χ1n) is 4.96. The van der Waals surface area contributed by atoms with Gasteiger partial charge >= 0.3 is 0 Å². The van der Waals surface area contributed by atoms with Crippen LogP contribution in [-0.2, 0) is 0 Å². The number of nitrogens with two attached hydrogens (primary N) is 2. The maximum atomic E-state index is 5.81. The van der Waals surface area contributed by atoms with Crippen LogP contribution in [0.4, 0.5) is 0 Å². The summed E-state index contributed by atoms with van der Waals surface area (Å²) in [5.41, 5.74) is 12.3. The van der Waals surface area contributed by atoms with Gasteiger partial charge < -0.3 is 16.2 Å². The predicted octanol–water partition coefficient (Wildman–Crippen LogP) is 1.43. The molecule has 0 saturated heterocycles. The van der Waals surface area contributed by atoms with Crippen molar-refractivity contribution < 1.29 is 4.74 Å². The Kier molecular flexibility index (Phi) is 4.43. The highest BCUT2D eigenvalue weighted by Gasteiger charge is 2.03. The van der Waals surface area contributed by atoms with E-state index in [9.17, 15) is 0 Å². The lowest BCUT2D eigenvalue weighted by Crippen LogP contribution is -2.20. The molecule has 0 heterocycles. The molecule has 3 nitrogen and oxygen atoms in total. The highest BCUT2D eigenvalue weighted by molar-refractivity contribution is 5.30. The molecule has 1 aromatic carbocycles. The van der Waals surface area contributed by atoms with Gasteiger partial charge in [0, 0.05) is 12.6 Å². The van der Waals surface area contributed by atoms with E-state index in [4.69, 9.17) is 16.2 Å². The summed E-state index contributed by atoms with van der Waals surface area (Å²) >= 11 is 0. The Bertz CT molecular complexity index is 276. The number of hydrogen-bond donors (Lipinski definition) is 2. The standard InChI is InChI=1S/C11H18N2O/c1-2-6-14-10-5-3-4-9(7-10)11(13)8-12/h3-5,7,11H,2,6,8,12-13H2,1H3/t11-/m0/s1. The fourth-order valence-electron chi connectivity index (χ4n) is 1.19. The van der Waals surface area contributed by atoms with Gasteiger partial charge in [-0.15, -0.1) is 0 Å². The molecule has 0 aliphatic carbocycles. The lowest BCUT2D eigenvalue weighted by molar-refractivity contribution is 0.317. The molecule has 0 spiro atoms. The van der Waals surface area contributed by atoms with Gasteiger partial charge in [-0.3, -0.25) is 0 Å². The van der Waals surface area contributed by atoms with Crippen molar-refractivity contribution in [1.82, 2.24) is 0 Å². The Morgan fingerprint density at radius 1 is 1.43 bits per heavy atom. The molecule has 0 unspecified atom stereocenters. The second-order valence-corrected chi connectivity index (χ2v) is 3.26. The summed E-state index contributed by atoms with van der Waals surface area (Å²) in [6.07, 6.45) is 1.01. The van der Waals surface area contributed by atoms with E-state index in [1.807, 2.05) is 24.3 Å². The molecule has 1 aromatic rings. The molecule has 0 amide bonds. The van der Waals surface area contributed by atoms with E-state index in [0.717, 1.165) is 24.3 Å². The SMILES string of the molecule is CCCOc1cccc([C@@H](N)CN)c1. The Morgan fingerprint density at radius 3 is 2.86 bits per heavy atom. The Labute approximate surface area is 85.0 Å². The average molecular weight is 194 g/mol. The fourth-order valence-corrected chi connectivity index (χ4v) is 1.19. The second-order valence-electron chi connectivity index (χ2n) is 3.26. The quantitative estimate of drug-likeness (QED) is 0.745. The maximum absolute atomic E-state index is 5.81. The predicted molar refractivity (Wildman–Crippen MR) is 58.2 cm³/mol. The molecule has 1 rings (SSSR count). The minimum atomic E-state index is -0.0971. The third-order valence-corrected chi connectivity index (χ3v) is 2.01. The molecule has 1 atom stereocenters. The molecule has 0 fully saturated rings. The second kappa shape index (κ2) is 5.62. The first-order chi connectivity index (χ1) is 6.77. The zero-order chi connectivity index (χ0) is 10.4. The van der Waals surface area contributed by atoms with Crippen molar-refractivity contribution in [2.24, 2.45) is 11.5 Å². The van der Waals surface area contributed by atoms with Gasteiger partial charge in [-0.2, -0.15) is 0 Å². The largest absolute Gasteiger partial charge is 0.494 e. The van der Waals surface area contributed by atoms with Gasteiger partial charge in [0.2, 0.25) is 0 Å². The van der Waals surface area contributed by atoms with Crippen LogP contribution < -0.4 is 16.2 Å². The van der Waals surface area contributed by atoms with Crippen molar-refractivity contribution in [3.8, 4) is 5.75 Å². The van der Waals surface area contributed by atoms with Crippen LogP contribution in [0.25, 0.3) is 0 Å². The fraction of sp³-hybridized carbons (Fsp3) is 0.455. The van der Waals surface area contributed by atoms with E-state index in [1.165, 1.54) is 0 Å². The molecule has 3 heteroatoms. The minimum Gasteiger partial charge on any atom is -0.494 e. The zero-order valence-electron chi connectivity index (χ0n) is 8.57.